The van der Waals surface area contributed by atoms with Crippen molar-refractivity contribution in [2.75, 3.05) is 37.0 Å². The highest BCUT2D eigenvalue weighted by molar-refractivity contribution is 9.11. The highest BCUT2D eigenvalue weighted by Crippen LogP contribution is 2.31. The van der Waals surface area contributed by atoms with Gasteiger partial charge in [-0.1, -0.05) is 6.92 Å². The van der Waals surface area contributed by atoms with Gasteiger partial charge >= 0.3 is 12.1 Å². The number of rotatable bonds is 8. The number of amides is 6. The number of nitrogens with two attached hydrogens (primary N) is 2. The Morgan fingerprint density at radius 3 is 1.48 bits per heavy atom. The van der Waals surface area contributed by atoms with Crippen LogP contribution in [0.2, 0.25) is 0 Å². The summed E-state index contributed by atoms with van der Waals surface area (Å²) in [5, 5.41) is 0. The van der Waals surface area contributed by atoms with Crippen molar-refractivity contribution in [3.63, 3.8) is 0 Å². The van der Waals surface area contributed by atoms with Gasteiger partial charge < -0.3 is 26.1 Å². The molecule has 0 fully saturated rings. The van der Waals surface area contributed by atoms with Gasteiger partial charge in [-0.2, -0.15) is 0 Å². The number of pyridine rings is 5. The Morgan fingerprint density at radius 1 is 0.582 bits per heavy atom. The molecule has 67 heavy (non-hydrogen) atoms. The molecule has 0 unspecified atom stereocenters. The SMILES string of the molecule is CC(=O)C[C@H](C)c1cncc(Br)c1.CC(=O)N(C)[C@H](C)c1cncc(-c2cnc3c(c2)CCCN3C(N)=O)c1.CC(=O)N(C)[C@H](C)c1cncc(Br)c1.NC(=O)N1CCCc2cc(Br)cnc21. The number of halogens is 3. The van der Waals surface area contributed by atoms with E-state index in [9.17, 15) is 24.0 Å². The summed E-state index contributed by atoms with van der Waals surface area (Å²) in [5.74, 6) is 1.87. The molecule has 0 spiro atoms. The van der Waals surface area contributed by atoms with Crippen LogP contribution in [0.4, 0.5) is 21.2 Å². The summed E-state index contributed by atoms with van der Waals surface area (Å²) in [6.07, 6.45) is 18.2. The summed E-state index contributed by atoms with van der Waals surface area (Å²) in [6, 6.07) is 9.09. The minimum atomic E-state index is -0.476. The molecule has 4 N–H and O–H groups in total. The fourth-order valence-electron chi connectivity index (χ4n) is 7.23. The second-order valence-corrected chi connectivity index (χ2v) is 19.1. The number of fused-ring (bicyclic) bond motifs is 2. The maximum absolute atomic E-state index is 11.6. The standard InChI is InChI=1S/C19H23N5O2.C10H13BrN2O.C10H12BrNO.C9H10BrN3O/c1-12(23(3)13(2)25)15-8-16(10-21-9-15)17-7-14-5-4-6-24(19(20)26)18(14)22-11-17;1-7(13(3)8(2)14)9-4-10(11)6-12-5-9;1-7(3-8(2)13)9-4-10(11)6-12-5-9;10-7-4-6-2-1-3-13(9(11)14)8(6)12-5-7/h7-12H,4-6H2,1-3H3,(H2,20,26);4-7H,1-3H3;4-7H,3H2,1-2H3;4-5H,1-3H2,(H2,11,14)/t12-;2*7-;/m110./s1. The van der Waals surface area contributed by atoms with Gasteiger partial charge in [-0.25, -0.2) is 19.6 Å². The molecule has 3 atom stereocenters. The van der Waals surface area contributed by atoms with Crippen LogP contribution in [0.25, 0.3) is 11.1 Å². The van der Waals surface area contributed by atoms with Crippen molar-refractivity contribution in [3.8, 4) is 11.1 Å². The van der Waals surface area contributed by atoms with Gasteiger partial charge in [0.2, 0.25) is 11.8 Å². The third kappa shape index (κ3) is 15.7. The van der Waals surface area contributed by atoms with Crippen molar-refractivity contribution in [2.24, 2.45) is 11.5 Å². The lowest BCUT2D eigenvalue weighted by Crippen LogP contribution is -2.40. The molecule has 7 rings (SSSR count). The number of urea groups is 2. The zero-order chi connectivity index (χ0) is 49.5. The lowest BCUT2D eigenvalue weighted by molar-refractivity contribution is -0.130. The molecule has 0 aromatic carbocycles. The topological polar surface area (TPSA) is 215 Å². The summed E-state index contributed by atoms with van der Waals surface area (Å²) >= 11 is 10.1. The first-order chi connectivity index (χ1) is 31.7. The van der Waals surface area contributed by atoms with Crippen LogP contribution in [-0.2, 0) is 27.2 Å². The molecule has 0 saturated heterocycles. The Labute approximate surface area is 417 Å². The van der Waals surface area contributed by atoms with Crippen molar-refractivity contribution < 1.29 is 24.0 Å². The van der Waals surface area contributed by atoms with E-state index in [2.05, 4.69) is 72.7 Å². The Bertz CT molecular complexity index is 2550. The van der Waals surface area contributed by atoms with E-state index in [1.165, 1.54) is 9.80 Å². The van der Waals surface area contributed by atoms with Crippen LogP contribution in [-0.4, -0.2) is 91.6 Å². The van der Waals surface area contributed by atoms with Gasteiger partial charge in [-0.15, -0.1) is 0 Å². The minimum Gasteiger partial charge on any atom is -0.351 e. The van der Waals surface area contributed by atoms with Gasteiger partial charge in [0, 0.05) is 122 Å². The number of aromatic nitrogens is 5. The lowest BCUT2D eigenvalue weighted by atomic mass is 9.98. The molecule has 356 valence electrons. The summed E-state index contributed by atoms with van der Waals surface area (Å²) in [6.45, 7) is 12.0. The minimum absolute atomic E-state index is 0.00453. The molecule has 5 aromatic rings. The highest BCUT2D eigenvalue weighted by Gasteiger charge is 2.24. The molecule has 0 saturated carbocycles. The molecule has 6 amide bonds. The van der Waals surface area contributed by atoms with Crippen molar-refractivity contribution in [1.29, 1.82) is 0 Å². The predicted molar refractivity (Wildman–Crippen MR) is 271 cm³/mol. The first-order valence-electron chi connectivity index (χ1n) is 21.6. The predicted octanol–water partition coefficient (Wildman–Crippen LogP) is 9.50. The van der Waals surface area contributed by atoms with E-state index >= 15 is 0 Å². The largest absolute Gasteiger partial charge is 0.351 e. The number of nitrogens with zero attached hydrogens (tertiary/aromatic N) is 9. The average molecular weight is 1110 g/mol. The van der Waals surface area contributed by atoms with E-state index in [4.69, 9.17) is 11.5 Å². The zero-order valence-electron chi connectivity index (χ0n) is 39.0. The Balaban J connectivity index is 0.000000206. The summed E-state index contributed by atoms with van der Waals surface area (Å²) < 4.78 is 2.82. The van der Waals surface area contributed by atoms with Crippen LogP contribution in [0.15, 0.2) is 93.3 Å². The number of aryl methyl sites for hydroxylation is 2. The number of hydrogen-bond donors (Lipinski definition) is 2. The van der Waals surface area contributed by atoms with Crippen LogP contribution in [0.3, 0.4) is 0 Å². The molecule has 2 aliphatic heterocycles. The Morgan fingerprint density at radius 2 is 1.00 bits per heavy atom. The van der Waals surface area contributed by atoms with Gasteiger partial charge in [0.25, 0.3) is 0 Å². The Hall–Kier alpha value is -5.66. The maximum Gasteiger partial charge on any atom is 0.320 e. The third-order valence-electron chi connectivity index (χ3n) is 11.4. The van der Waals surface area contributed by atoms with Crippen LogP contribution in [0.5, 0.6) is 0 Å². The van der Waals surface area contributed by atoms with Crippen molar-refractivity contribution in [2.45, 2.75) is 91.6 Å². The molecule has 0 aliphatic carbocycles. The lowest BCUT2D eigenvalue weighted by Gasteiger charge is -2.27. The van der Waals surface area contributed by atoms with E-state index in [0.717, 1.165) is 78.0 Å². The van der Waals surface area contributed by atoms with E-state index in [1.54, 1.807) is 94.2 Å². The summed E-state index contributed by atoms with van der Waals surface area (Å²) in [4.78, 5) is 83.8. The second kappa shape index (κ2) is 25.5. The average Bonchev–Trinajstić information content (AvgIpc) is 3.30. The number of carbonyl (C=O) groups is 5. The van der Waals surface area contributed by atoms with Crippen molar-refractivity contribution >= 4 is 89.1 Å². The zero-order valence-corrected chi connectivity index (χ0v) is 43.8. The van der Waals surface area contributed by atoms with Gasteiger partial charge in [0.15, 0.2) is 0 Å². The molecule has 0 radical (unpaired) electrons. The summed E-state index contributed by atoms with van der Waals surface area (Å²) in [7, 11) is 3.56. The second-order valence-electron chi connectivity index (χ2n) is 16.3. The number of Topliss-reactive ketones (excluding diaryl/α,β-unsaturated/α-hetero) is 1. The van der Waals surface area contributed by atoms with Crippen molar-refractivity contribution in [3.05, 3.63) is 121 Å². The van der Waals surface area contributed by atoms with Gasteiger partial charge in [-0.05, 0) is 158 Å². The number of hydrogen-bond acceptors (Lipinski definition) is 10. The van der Waals surface area contributed by atoms with Crippen LogP contribution >= 0.6 is 47.8 Å². The summed E-state index contributed by atoms with van der Waals surface area (Å²) in [5.41, 5.74) is 17.7. The third-order valence-corrected chi connectivity index (χ3v) is 12.7. The highest BCUT2D eigenvalue weighted by atomic mass is 79.9. The fraction of sp³-hybridized carbons (Fsp3) is 0.375. The number of primary amides is 2. The molecule has 19 heteroatoms. The molecule has 0 bridgehead atoms. The molecule has 5 aromatic heterocycles. The fourth-order valence-corrected chi connectivity index (χ4v) is 8.37. The van der Waals surface area contributed by atoms with E-state index in [1.807, 2.05) is 51.1 Å². The molecule has 2 aliphatic rings. The molecule has 7 heterocycles. The first kappa shape index (κ1) is 54.0. The van der Waals surface area contributed by atoms with Gasteiger partial charge in [-0.3, -0.25) is 34.3 Å². The number of anilines is 2. The first-order valence-corrected chi connectivity index (χ1v) is 24.0. The Kier molecular flexibility index (Phi) is 20.5. The quantitative estimate of drug-likeness (QED) is 0.150. The van der Waals surface area contributed by atoms with E-state index < -0.39 is 12.1 Å². The maximum atomic E-state index is 11.6. The molecular formula is C48H58Br3N11O5. The molecule has 16 nitrogen and oxygen atoms in total. The normalized spacial score (nSPS) is 13.8. The van der Waals surface area contributed by atoms with Gasteiger partial charge in [0.05, 0.1) is 12.1 Å². The number of carbonyl (C=O) groups excluding carboxylic acids is 5. The smallest absolute Gasteiger partial charge is 0.320 e. The van der Waals surface area contributed by atoms with Gasteiger partial charge in [0.1, 0.15) is 17.4 Å². The monoisotopic (exact) mass is 1110 g/mol. The van der Waals surface area contributed by atoms with E-state index in [0.29, 0.717) is 31.1 Å². The van der Waals surface area contributed by atoms with E-state index in [-0.39, 0.29) is 35.6 Å². The number of ketones is 1. The van der Waals surface area contributed by atoms with Crippen molar-refractivity contribution in [1.82, 2.24) is 34.7 Å². The van der Waals surface area contributed by atoms with Crippen LogP contribution in [0.1, 0.15) is 107 Å². The van der Waals surface area contributed by atoms with Crippen LogP contribution < -0.4 is 21.3 Å². The molecular weight excluding hydrogens is 1050 g/mol. The van der Waals surface area contributed by atoms with Crippen LogP contribution in [0, 0.1) is 0 Å².